The van der Waals surface area contributed by atoms with Gasteiger partial charge in [-0.3, -0.25) is 0 Å². The Balaban J connectivity index is 1.80. The van der Waals surface area contributed by atoms with Gasteiger partial charge < -0.3 is 14.4 Å². The zero-order chi connectivity index (χ0) is 18.0. The molecule has 1 aromatic carbocycles. The first-order chi connectivity index (χ1) is 12.0. The number of aromatic nitrogens is 2. The van der Waals surface area contributed by atoms with E-state index in [1.165, 1.54) is 0 Å². The van der Waals surface area contributed by atoms with E-state index >= 15 is 0 Å². The third-order valence-electron chi connectivity index (χ3n) is 3.44. The minimum absolute atomic E-state index is 0.268. The van der Waals surface area contributed by atoms with Crippen molar-refractivity contribution in [2.24, 2.45) is 0 Å². The van der Waals surface area contributed by atoms with E-state index < -0.39 is 24.2 Å². The van der Waals surface area contributed by atoms with Crippen LogP contribution in [0.25, 0.3) is 10.9 Å². The fourth-order valence-electron chi connectivity index (χ4n) is 2.20. The summed E-state index contributed by atoms with van der Waals surface area (Å²) in [5.74, 6) is -2.48. The van der Waals surface area contributed by atoms with Gasteiger partial charge in [-0.1, -0.05) is 12.1 Å². The van der Waals surface area contributed by atoms with Gasteiger partial charge in [0.05, 0.1) is 10.4 Å². The molecular formula is C16H13BrF3N3OS. The van der Waals surface area contributed by atoms with Gasteiger partial charge in [-0.05, 0) is 40.4 Å². The van der Waals surface area contributed by atoms with E-state index in [-0.39, 0.29) is 12.4 Å². The Hall–Kier alpha value is -1.87. The second-order valence-electron chi connectivity index (χ2n) is 5.12. The van der Waals surface area contributed by atoms with Gasteiger partial charge in [-0.15, -0.1) is 0 Å². The van der Waals surface area contributed by atoms with Gasteiger partial charge in [0, 0.05) is 22.1 Å². The highest BCUT2D eigenvalue weighted by Gasteiger charge is 2.15. The lowest BCUT2D eigenvalue weighted by Gasteiger charge is -2.09. The van der Waals surface area contributed by atoms with Crippen molar-refractivity contribution < 1.29 is 17.9 Å². The van der Waals surface area contributed by atoms with Crippen LogP contribution in [0.2, 0.25) is 0 Å². The van der Waals surface area contributed by atoms with Crippen molar-refractivity contribution in [3.63, 3.8) is 0 Å². The quantitative estimate of drug-likeness (QED) is 0.406. The molecule has 0 aliphatic carbocycles. The van der Waals surface area contributed by atoms with Crippen LogP contribution in [-0.4, -0.2) is 23.2 Å². The van der Waals surface area contributed by atoms with E-state index in [2.05, 4.69) is 30.6 Å². The number of aryl methyl sites for hydroxylation is 1. The second-order valence-corrected chi connectivity index (χ2v) is 6.76. The van der Waals surface area contributed by atoms with Gasteiger partial charge in [-0.2, -0.15) is 9.37 Å². The minimum atomic E-state index is -1.00. The number of alkyl halides is 1. The number of pyridine rings is 1. The first-order valence-corrected chi connectivity index (χ1v) is 8.86. The zero-order valence-electron chi connectivity index (χ0n) is 13.0. The molecule has 4 nitrogen and oxygen atoms in total. The predicted molar refractivity (Wildman–Crippen MR) is 95.8 cm³/mol. The van der Waals surface area contributed by atoms with E-state index in [4.69, 9.17) is 4.74 Å². The summed E-state index contributed by atoms with van der Waals surface area (Å²) < 4.78 is 48.3. The molecule has 0 spiro atoms. The van der Waals surface area contributed by atoms with Crippen LogP contribution in [-0.2, 0) is 0 Å². The fourth-order valence-corrected chi connectivity index (χ4v) is 3.41. The monoisotopic (exact) mass is 431 g/mol. The van der Waals surface area contributed by atoms with E-state index in [0.717, 1.165) is 43.8 Å². The lowest BCUT2D eigenvalue weighted by Crippen LogP contribution is -2.04. The average Bonchev–Trinajstić information content (AvgIpc) is 3.01. The molecule has 3 rings (SSSR count). The van der Waals surface area contributed by atoms with Crippen molar-refractivity contribution in [3.8, 4) is 5.75 Å². The molecule has 2 aromatic heterocycles. The normalized spacial score (nSPS) is 11.1. The number of aromatic amines is 1. The summed E-state index contributed by atoms with van der Waals surface area (Å²) in [6, 6.07) is 4.74. The van der Waals surface area contributed by atoms with Gasteiger partial charge in [0.1, 0.15) is 13.3 Å². The predicted octanol–water partition coefficient (Wildman–Crippen LogP) is 5.38. The smallest absolute Gasteiger partial charge is 0.257 e. The summed E-state index contributed by atoms with van der Waals surface area (Å²) >= 11 is 4.62. The van der Waals surface area contributed by atoms with Crippen molar-refractivity contribution in [1.82, 2.24) is 9.97 Å². The Bertz CT molecular complexity index is 919. The number of nitrogens with zero attached hydrogens (tertiary/aromatic N) is 1. The van der Waals surface area contributed by atoms with Crippen molar-refractivity contribution in [2.45, 2.75) is 11.8 Å². The molecule has 0 saturated carbocycles. The summed E-state index contributed by atoms with van der Waals surface area (Å²) in [5, 5.41) is 0.929. The number of rotatable bonds is 6. The lowest BCUT2D eigenvalue weighted by molar-refractivity contribution is 0.258. The summed E-state index contributed by atoms with van der Waals surface area (Å²) in [4.78, 5) is 7.44. The zero-order valence-corrected chi connectivity index (χ0v) is 15.4. The van der Waals surface area contributed by atoms with Gasteiger partial charge in [-0.25, -0.2) is 8.78 Å². The van der Waals surface area contributed by atoms with E-state index in [1.54, 1.807) is 6.20 Å². The molecule has 0 amide bonds. The standard InChI is InChI=1S/C16H13BrF3N3OS/c1-8-2-3-9-12(7-21-14(9)13(8)17)25-23-16-10(19)6-11(15(20)22-16)24-5-4-18/h2-3,6-7,21H,4-5H2,1H3,(H,22,23). The molecule has 3 aromatic rings. The molecule has 132 valence electrons. The number of nitrogens with one attached hydrogen (secondary N) is 2. The van der Waals surface area contributed by atoms with Crippen LogP contribution < -0.4 is 9.46 Å². The third-order valence-corrected chi connectivity index (χ3v) is 5.31. The van der Waals surface area contributed by atoms with Gasteiger partial charge in [0.25, 0.3) is 5.95 Å². The Morgan fingerprint density at radius 1 is 1.36 bits per heavy atom. The molecule has 2 N–H and O–H groups in total. The first kappa shape index (κ1) is 17.9. The summed E-state index contributed by atoms with van der Waals surface area (Å²) in [5.41, 5.74) is 2.00. The molecule has 0 atom stereocenters. The number of hydrogen-bond donors (Lipinski definition) is 2. The summed E-state index contributed by atoms with van der Waals surface area (Å²) in [7, 11) is 0. The minimum Gasteiger partial charge on any atom is -0.486 e. The van der Waals surface area contributed by atoms with E-state index in [0.29, 0.717) is 0 Å². The maximum atomic E-state index is 14.0. The fraction of sp³-hybridized carbons (Fsp3) is 0.188. The first-order valence-electron chi connectivity index (χ1n) is 7.25. The number of ether oxygens (including phenoxy) is 1. The number of H-pyrrole nitrogens is 1. The number of anilines is 1. The van der Waals surface area contributed by atoms with Crippen molar-refractivity contribution in [1.29, 1.82) is 0 Å². The van der Waals surface area contributed by atoms with E-state index in [9.17, 15) is 13.2 Å². The molecule has 0 radical (unpaired) electrons. The third kappa shape index (κ3) is 3.72. The molecular weight excluding hydrogens is 419 g/mol. The Kier molecular flexibility index (Phi) is 5.43. The van der Waals surface area contributed by atoms with Crippen molar-refractivity contribution in [3.05, 3.63) is 46.2 Å². The molecule has 0 unspecified atom stereocenters. The molecule has 0 bridgehead atoms. The highest BCUT2D eigenvalue weighted by atomic mass is 79.9. The molecule has 0 aliphatic heterocycles. The number of fused-ring (bicyclic) bond motifs is 1. The Morgan fingerprint density at radius 2 is 2.16 bits per heavy atom. The van der Waals surface area contributed by atoms with Crippen LogP contribution in [0.4, 0.5) is 19.0 Å². The topological polar surface area (TPSA) is 49.9 Å². The van der Waals surface area contributed by atoms with Crippen LogP contribution in [0.1, 0.15) is 5.56 Å². The SMILES string of the molecule is Cc1ccc2c(SNc3nc(F)c(OCCF)cc3F)c[nH]c2c1Br. The Morgan fingerprint density at radius 3 is 2.92 bits per heavy atom. The molecule has 0 fully saturated rings. The summed E-state index contributed by atoms with van der Waals surface area (Å²) in [6.45, 7) is 0.819. The highest BCUT2D eigenvalue weighted by Crippen LogP contribution is 2.34. The van der Waals surface area contributed by atoms with E-state index in [1.807, 2.05) is 19.1 Å². The number of halogens is 4. The maximum Gasteiger partial charge on any atom is 0.257 e. The number of hydrogen-bond acceptors (Lipinski definition) is 4. The van der Waals surface area contributed by atoms with Crippen LogP contribution in [0, 0.1) is 18.7 Å². The largest absolute Gasteiger partial charge is 0.486 e. The average molecular weight is 432 g/mol. The van der Waals surface area contributed by atoms with Crippen LogP contribution >= 0.6 is 27.9 Å². The molecule has 0 saturated heterocycles. The number of benzene rings is 1. The lowest BCUT2D eigenvalue weighted by atomic mass is 10.2. The maximum absolute atomic E-state index is 14.0. The molecule has 9 heteroatoms. The van der Waals surface area contributed by atoms with Gasteiger partial charge in [0.2, 0.25) is 0 Å². The van der Waals surface area contributed by atoms with Gasteiger partial charge >= 0.3 is 0 Å². The summed E-state index contributed by atoms with van der Waals surface area (Å²) in [6.07, 6.45) is 1.76. The van der Waals surface area contributed by atoms with Crippen LogP contribution in [0.3, 0.4) is 0 Å². The van der Waals surface area contributed by atoms with Gasteiger partial charge in [0.15, 0.2) is 17.4 Å². The van der Waals surface area contributed by atoms with Crippen molar-refractivity contribution >= 4 is 44.6 Å². The molecule has 2 heterocycles. The van der Waals surface area contributed by atoms with Crippen LogP contribution in [0.5, 0.6) is 5.75 Å². The second kappa shape index (κ2) is 7.57. The Labute approximate surface area is 154 Å². The molecule has 25 heavy (non-hydrogen) atoms. The highest BCUT2D eigenvalue weighted by molar-refractivity contribution is 9.10. The van der Waals surface area contributed by atoms with Crippen molar-refractivity contribution in [2.75, 3.05) is 18.0 Å². The molecule has 0 aliphatic rings. The van der Waals surface area contributed by atoms with Crippen LogP contribution in [0.15, 0.2) is 33.8 Å².